The zero-order valence-corrected chi connectivity index (χ0v) is 11.2. The quantitative estimate of drug-likeness (QED) is 0.704. The Kier molecular flexibility index (Phi) is 3.25. The Morgan fingerprint density at radius 1 is 1.12 bits per heavy atom. The number of thiophene rings is 1. The summed E-state index contributed by atoms with van der Waals surface area (Å²) in [6, 6.07) is 8.62. The van der Waals surface area contributed by atoms with E-state index in [4.69, 9.17) is 0 Å². The largest absolute Gasteiger partial charge is 1.00 e. The number of rotatable bonds is 1. The minimum absolute atomic E-state index is 0. The van der Waals surface area contributed by atoms with Crippen LogP contribution in [0.5, 0.6) is 0 Å². The molecule has 1 aliphatic carbocycles. The van der Waals surface area contributed by atoms with E-state index in [1.54, 1.807) is 30.3 Å². The Labute approximate surface area is 110 Å². The summed E-state index contributed by atoms with van der Waals surface area (Å²) in [7, 11) is -1.66. The first-order chi connectivity index (χ1) is 7.57. The van der Waals surface area contributed by atoms with E-state index in [2.05, 4.69) is 0 Å². The summed E-state index contributed by atoms with van der Waals surface area (Å²) in [5.41, 5.74) is -4.12. The molecule has 1 aromatic heterocycles. The van der Waals surface area contributed by atoms with Crippen LogP contribution < -0.4 is 17.0 Å². The van der Waals surface area contributed by atoms with Gasteiger partial charge in [0.1, 0.15) is 0 Å². The summed E-state index contributed by atoms with van der Waals surface area (Å²) in [5, 5.41) is 0.755. The van der Waals surface area contributed by atoms with Crippen molar-refractivity contribution in [1.82, 2.24) is 0 Å². The van der Waals surface area contributed by atoms with Crippen LogP contribution in [-0.4, -0.2) is 0 Å². The molecule has 0 spiro atoms. The molecule has 0 bridgehead atoms. The summed E-state index contributed by atoms with van der Waals surface area (Å²) in [5.74, 6) is 0.178. The van der Waals surface area contributed by atoms with Gasteiger partial charge in [0.25, 0.3) is 0 Å². The van der Waals surface area contributed by atoms with Crippen LogP contribution in [0.25, 0.3) is 10.1 Å². The molecule has 0 amide bonds. The molecular formula is C12H10BrF3S. The second-order valence-electron chi connectivity index (χ2n) is 4.11. The zero-order valence-electron chi connectivity index (χ0n) is 8.80. The van der Waals surface area contributed by atoms with Crippen LogP contribution >= 0.6 is 10.5 Å². The van der Waals surface area contributed by atoms with Gasteiger partial charge in [0.15, 0.2) is 9.58 Å². The first-order valence-corrected chi connectivity index (χ1v) is 6.41. The molecule has 1 unspecified atom stereocenters. The molecule has 1 heterocycles. The smallest absolute Gasteiger partial charge is 0.600 e. The standard InChI is InChI=1S/C12H10F3S.BrH/c13-12(14,15)16-10-4-2-1-3-9(10)7-11(16)8-5-6-8;/h1-4,7-8H,5-6H2;1H/q+1;/p-1. The van der Waals surface area contributed by atoms with Crippen LogP contribution in [0.4, 0.5) is 13.2 Å². The van der Waals surface area contributed by atoms with Crippen LogP contribution in [0.15, 0.2) is 30.3 Å². The lowest BCUT2D eigenvalue weighted by molar-refractivity contribution is -0.0867. The summed E-state index contributed by atoms with van der Waals surface area (Å²) in [6.07, 6.45) is 1.83. The average molecular weight is 323 g/mol. The highest BCUT2D eigenvalue weighted by Crippen LogP contribution is 2.57. The fourth-order valence-electron chi connectivity index (χ4n) is 2.04. The zero-order chi connectivity index (χ0) is 11.3. The van der Waals surface area contributed by atoms with E-state index in [1.807, 2.05) is 0 Å². The molecule has 0 saturated heterocycles. The molecule has 17 heavy (non-hydrogen) atoms. The number of fused-ring (bicyclic) bond motifs is 1. The number of alkyl halides is 3. The van der Waals surface area contributed by atoms with E-state index in [0.717, 1.165) is 18.2 Å². The lowest BCUT2D eigenvalue weighted by Gasteiger charge is -1.98. The first-order valence-electron chi connectivity index (χ1n) is 5.19. The van der Waals surface area contributed by atoms with E-state index in [1.165, 1.54) is 0 Å². The number of hydrogen-bond donors (Lipinski definition) is 0. The van der Waals surface area contributed by atoms with Crippen LogP contribution in [0, 0.1) is 0 Å². The minimum Gasteiger partial charge on any atom is -1.00 e. The van der Waals surface area contributed by atoms with Crippen molar-refractivity contribution in [2.75, 3.05) is 0 Å². The first kappa shape index (κ1) is 12.9. The van der Waals surface area contributed by atoms with Crippen LogP contribution in [0.3, 0.4) is 0 Å². The Morgan fingerprint density at radius 3 is 2.35 bits per heavy atom. The van der Waals surface area contributed by atoms with E-state index < -0.39 is 16.0 Å². The topological polar surface area (TPSA) is 0 Å². The molecule has 1 aliphatic rings. The second kappa shape index (κ2) is 4.28. The van der Waals surface area contributed by atoms with Crippen LogP contribution in [-0.2, 0) is 5.51 Å². The normalized spacial score (nSPS) is 17.0. The molecule has 92 valence electrons. The van der Waals surface area contributed by atoms with Gasteiger partial charge in [-0.15, -0.1) is 13.2 Å². The van der Waals surface area contributed by atoms with E-state index in [-0.39, 0.29) is 22.9 Å². The van der Waals surface area contributed by atoms with Crippen LogP contribution in [0.2, 0.25) is 0 Å². The predicted molar refractivity (Wildman–Crippen MR) is 59.7 cm³/mol. The average Bonchev–Trinajstić information content (AvgIpc) is 2.96. The van der Waals surface area contributed by atoms with Gasteiger partial charge in [-0.2, -0.15) is 0 Å². The Morgan fingerprint density at radius 2 is 1.76 bits per heavy atom. The fraction of sp³-hybridized carbons (Fsp3) is 0.333. The molecule has 5 heteroatoms. The van der Waals surface area contributed by atoms with Gasteiger partial charge in [0.2, 0.25) is 0 Å². The molecule has 3 rings (SSSR count). The lowest BCUT2D eigenvalue weighted by atomic mass is 10.2. The van der Waals surface area contributed by atoms with Gasteiger partial charge in [0, 0.05) is 17.4 Å². The molecule has 1 atom stereocenters. The highest BCUT2D eigenvalue weighted by molar-refractivity contribution is 7.38. The number of benzene rings is 1. The van der Waals surface area contributed by atoms with Crippen LogP contribution in [0.1, 0.15) is 23.6 Å². The molecule has 1 saturated carbocycles. The molecule has 1 aromatic carbocycles. The van der Waals surface area contributed by atoms with Gasteiger partial charge >= 0.3 is 5.51 Å². The van der Waals surface area contributed by atoms with Gasteiger partial charge in [-0.1, -0.05) is 12.1 Å². The molecule has 0 radical (unpaired) electrons. The van der Waals surface area contributed by atoms with Gasteiger partial charge in [0.05, 0.1) is 10.5 Å². The van der Waals surface area contributed by atoms with Crippen molar-refractivity contribution >= 4 is 20.6 Å². The van der Waals surface area contributed by atoms with Gasteiger partial charge in [-0.25, -0.2) is 0 Å². The van der Waals surface area contributed by atoms with Crippen molar-refractivity contribution in [3.8, 4) is 0 Å². The van der Waals surface area contributed by atoms with Crippen molar-refractivity contribution in [2.24, 2.45) is 0 Å². The Bertz CT molecular complexity index is 540. The third-order valence-electron chi connectivity index (χ3n) is 2.88. The molecule has 2 aromatic rings. The molecular weight excluding hydrogens is 313 g/mol. The fourth-order valence-corrected chi connectivity index (χ4v) is 4.20. The number of hydrogen-bond acceptors (Lipinski definition) is 0. The third-order valence-corrected chi connectivity index (χ3v) is 5.08. The Balaban J connectivity index is 0.00000108. The number of halogens is 4. The summed E-state index contributed by atoms with van der Waals surface area (Å²) >= 11 is 0. The lowest BCUT2D eigenvalue weighted by Crippen LogP contribution is -3.00. The highest BCUT2D eigenvalue weighted by atomic mass is 79.9. The summed E-state index contributed by atoms with van der Waals surface area (Å²) < 4.78 is 39.6. The maximum atomic E-state index is 13.0. The predicted octanol–water partition coefficient (Wildman–Crippen LogP) is 1.95. The highest BCUT2D eigenvalue weighted by Gasteiger charge is 2.50. The molecule has 0 nitrogen and oxygen atoms in total. The van der Waals surface area contributed by atoms with Gasteiger partial charge in [-0.3, -0.25) is 0 Å². The van der Waals surface area contributed by atoms with E-state index in [0.29, 0.717) is 9.58 Å². The second-order valence-corrected chi connectivity index (χ2v) is 6.10. The van der Waals surface area contributed by atoms with Crippen molar-refractivity contribution in [3.63, 3.8) is 0 Å². The molecule has 1 fully saturated rings. The van der Waals surface area contributed by atoms with Gasteiger partial charge in [-0.05, 0) is 25.0 Å². The molecule has 0 N–H and O–H groups in total. The van der Waals surface area contributed by atoms with Crippen molar-refractivity contribution < 1.29 is 30.2 Å². The van der Waals surface area contributed by atoms with Gasteiger partial charge < -0.3 is 17.0 Å². The SMILES string of the molecule is FC(F)(F)[s+]1c(C2CC2)cc2ccccc21.[Br-]. The van der Waals surface area contributed by atoms with E-state index >= 15 is 0 Å². The Hall–Kier alpha value is -0.550. The van der Waals surface area contributed by atoms with E-state index in [9.17, 15) is 13.2 Å². The maximum Gasteiger partial charge on any atom is 0.600 e. The summed E-state index contributed by atoms with van der Waals surface area (Å²) in [6.45, 7) is 0. The van der Waals surface area contributed by atoms with Crippen molar-refractivity contribution in [1.29, 1.82) is 0 Å². The minimum atomic E-state index is -4.12. The van der Waals surface area contributed by atoms with Crippen molar-refractivity contribution in [2.45, 2.75) is 24.3 Å². The molecule has 0 aliphatic heterocycles. The third kappa shape index (κ3) is 2.22. The maximum absolute atomic E-state index is 13.0. The monoisotopic (exact) mass is 322 g/mol. The van der Waals surface area contributed by atoms with Crippen molar-refractivity contribution in [3.05, 3.63) is 35.2 Å². The summed E-state index contributed by atoms with van der Waals surface area (Å²) in [4.78, 5) is 0.605.